The van der Waals surface area contributed by atoms with Gasteiger partial charge in [0.1, 0.15) is 12.9 Å². The van der Waals surface area contributed by atoms with E-state index in [-0.39, 0.29) is 10.8 Å². The van der Waals surface area contributed by atoms with Gasteiger partial charge in [0.15, 0.2) is 11.5 Å². The molecule has 6 nitrogen and oxygen atoms in total. The molecule has 0 N–H and O–H groups in total. The molecule has 1 aliphatic heterocycles. The van der Waals surface area contributed by atoms with Crippen LogP contribution < -0.4 is 15.0 Å². The van der Waals surface area contributed by atoms with E-state index >= 15 is 0 Å². The van der Waals surface area contributed by atoms with Gasteiger partial charge in [0.2, 0.25) is 0 Å². The third kappa shape index (κ3) is 5.38. The summed E-state index contributed by atoms with van der Waals surface area (Å²) in [4.78, 5) is 20.9. The second-order valence-electron chi connectivity index (χ2n) is 7.96. The van der Waals surface area contributed by atoms with Crippen molar-refractivity contribution in [2.24, 2.45) is 0 Å². The topological polar surface area (TPSA) is 56.6 Å². The average Bonchev–Trinajstić information content (AvgIpc) is 3.30. The predicted molar refractivity (Wildman–Crippen MR) is 142 cm³/mol. The molecule has 3 aromatic rings. The minimum Gasteiger partial charge on any atom is -0.493 e. The number of nitrogens with zero attached hydrogens (tertiary/aromatic N) is 3. The number of hydrogen-bond donors (Lipinski definition) is 0. The summed E-state index contributed by atoms with van der Waals surface area (Å²) in [7, 11) is 3.66. The van der Waals surface area contributed by atoms with E-state index in [4.69, 9.17) is 9.47 Å². The number of rotatable bonds is 9. The number of halogens is 1. The van der Waals surface area contributed by atoms with Crippen LogP contribution in [0.1, 0.15) is 29.0 Å². The Hall–Kier alpha value is -2.04. The van der Waals surface area contributed by atoms with Gasteiger partial charge in [-0.3, -0.25) is 9.36 Å². The highest BCUT2D eigenvalue weighted by Crippen LogP contribution is 2.44. The van der Waals surface area contributed by atoms with Gasteiger partial charge in [-0.1, -0.05) is 53.8 Å². The SMILES string of the molecule is CCN(C)CCOc1ccc(-n2cnc3c(c2=O)SC(c2ccc(CI)cc2)C3)cc1OC. The summed E-state index contributed by atoms with van der Waals surface area (Å²) in [5.74, 6) is 1.26. The second kappa shape index (κ2) is 10.9. The van der Waals surface area contributed by atoms with Crippen molar-refractivity contribution in [3.8, 4) is 17.2 Å². The maximum absolute atomic E-state index is 13.3. The molecule has 0 saturated carbocycles. The zero-order valence-corrected chi connectivity index (χ0v) is 22.1. The molecule has 0 radical (unpaired) electrons. The first-order valence-corrected chi connectivity index (χ1v) is 13.4. The Bertz CT molecular complexity index is 1170. The van der Waals surface area contributed by atoms with Gasteiger partial charge in [-0.2, -0.15) is 0 Å². The standard InChI is InChI=1S/C25H28IN3O3S/c1-4-28(2)11-12-32-21-10-9-19(13-22(21)31-3)29-16-27-20-14-23(33-24(20)25(29)30)18-7-5-17(15-26)6-8-18/h5-10,13,16,23H,4,11-12,14-15H2,1-3H3. The lowest BCUT2D eigenvalue weighted by Gasteiger charge is -2.16. The minimum atomic E-state index is -0.0447. The fourth-order valence-corrected chi connectivity index (χ4v) is 5.48. The summed E-state index contributed by atoms with van der Waals surface area (Å²) in [6.07, 6.45) is 2.39. The highest BCUT2D eigenvalue weighted by Gasteiger charge is 2.28. The number of hydrogen-bond acceptors (Lipinski definition) is 6. The summed E-state index contributed by atoms with van der Waals surface area (Å²) in [6.45, 7) is 4.47. The zero-order valence-electron chi connectivity index (χ0n) is 19.1. The maximum atomic E-state index is 13.3. The Labute approximate surface area is 212 Å². The van der Waals surface area contributed by atoms with Crippen LogP contribution >= 0.6 is 34.4 Å². The molecule has 1 aliphatic rings. The van der Waals surface area contributed by atoms with Crippen molar-refractivity contribution in [2.75, 3.05) is 33.9 Å². The van der Waals surface area contributed by atoms with Crippen LogP contribution in [-0.2, 0) is 10.8 Å². The first-order valence-electron chi connectivity index (χ1n) is 11.0. The lowest BCUT2D eigenvalue weighted by atomic mass is 10.1. The normalized spacial score (nSPS) is 15.0. The summed E-state index contributed by atoms with van der Waals surface area (Å²) >= 11 is 3.98. The molecular weight excluding hydrogens is 549 g/mol. The zero-order chi connectivity index (χ0) is 23.4. The van der Waals surface area contributed by atoms with Crippen LogP contribution in [0.3, 0.4) is 0 Å². The number of ether oxygens (including phenoxy) is 2. The van der Waals surface area contributed by atoms with Crippen LogP contribution in [0.5, 0.6) is 11.5 Å². The fraction of sp³-hybridized carbons (Fsp3) is 0.360. The molecule has 174 valence electrons. The van der Waals surface area contributed by atoms with Crippen LogP contribution in [0.2, 0.25) is 0 Å². The largest absolute Gasteiger partial charge is 0.493 e. The smallest absolute Gasteiger partial charge is 0.271 e. The molecule has 8 heteroatoms. The van der Waals surface area contributed by atoms with Gasteiger partial charge in [0.05, 0.1) is 23.4 Å². The van der Waals surface area contributed by atoms with Crippen molar-refractivity contribution in [3.05, 3.63) is 76.0 Å². The number of methoxy groups -OCH3 is 1. The summed E-state index contributed by atoms with van der Waals surface area (Å²) in [5.41, 5.74) is 4.07. The van der Waals surface area contributed by atoms with Crippen molar-refractivity contribution in [1.82, 2.24) is 14.5 Å². The summed E-state index contributed by atoms with van der Waals surface area (Å²) in [5, 5.41) is 0.214. The van der Waals surface area contributed by atoms with E-state index in [9.17, 15) is 4.79 Å². The number of thioether (sulfide) groups is 1. The number of likely N-dealkylation sites (N-methyl/N-ethyl adjacent to an activating group) is 1. The van der Waals surface area contributed by atoms with E-state index in [1.54, 1.807) is 29.8 Å². The van der Waals surface area contributed by atoms with Crippen LogP contribution in [0, 0.1) is 0 Å². The molecule has 0 aliphatic carbocycles. The van der Waals surface area contributed by atoms with Crippen LogP contribution in [0.4, 0.5) is 0 Å². The number of fused-ring (bicyclic) bond motifs is 1. The molecule has 1 atom stereocenters. The molecule has 0 saturated heterocycles. The number of aromatic nitrogens is 2. The van der Waals surface area contributed by atoms with E-state index in [1.165, 1.54) is 11.1 Å². The van der Waals surface area contributed by atoms with Gasteiger partial charge in [-0.05, 0) is 36.9 Å². The third-order valence-electron chi connectivity index (χ3n) is 5.84. The molecule has 1 aromatic heterocycles. The van der Waals surface area contributed by atoms with Crippen molar-refractivity contribution < 1.29 is 9.47 Å². The molecule has 0 fully saturated rings. The quantitative estimate of drug-likeness (QED) is 0.267. The highest BCUT2D eigenvalue weighted by atomic mass is 127. The Kier molecular flexibility index (Phi) is 7.98. The molecule has 4 rings (SSSR count). The summed E-state index contributed by atoms with van der Waals surface area (Å²) < 4.78 is 14.0. The molecule has 2 aromatic carbocycles. The van der Waals surface area contributed by atoms with E-state index in [2.05, 4.69) is 70.7 Å². The van der Waals surface area contributed by atoms with E-state index in [0.29, 0.717) is 23.8 Å². The van der Waals surface area contributed by atoms with E-state index in [0.717, 1.165) is 34.5 Å². The maximum Gasteiger partial charge on any atom is 0.271 e. The Morgan fingerprint density at radius 2 is 2.00 bits per heavy atom. The van der Waals surface area contributed by atoms with E-state index in [1.807, 2.05) is 18.2 Å². The Morgan fingerprint density at radius 3 is 2.70 bits per heavy atom. The number of alkyl halides is 1. The lowest BCUT2D eigenvalue weighted by molar-refractivity contribution is 0.235. The lowest BCUT2D eigenvalue weighted by Crippen LogP contribution is -2.24. The Morgan fingerprint density at radius 1 is 1.21 bits per heavy atom. The van der Waals surface area contributed by atoms with Gasteiger partial charge < -0.3 is 14.4 Å². The summed E-state index contributed by atoms with van der Waals surface area (Å²) in [6, 6.07) is 14.2. The Balaban J connectivity index is 1.55. The van der Waals surface area contributed by atoms with Gasteiger partial charge >= 0.3 is 0 Å². The average molecular weight is 577 g/mol. The molecule has 2 heterocycles. The first-order chi connectivity index (χ1) is 16.0. The van der Waals surface area contributed by atoms with Gasteiger partial charge in [0, 0.05) is 28.7 Å². The third-order valence-corrected chi connectivity index (χ3v) is 8.09. The fourth-order valence-electron chi connectivity index (χ4n) is 3.68. The van der Waals surface area contributed by atoms with Gasteiger partial charge in [-0.25, -0.2) is 4.98 Å². The molecular formula is C25H28IN3O3S. The highest BCUT2D eigenvalue weighted by molar-refractivity contribution is 14.1. The molecule has 1 unspecified atom stereocenters. The molecule has 0 bridgehead atoms. The van der Waals surface area contributed by atoms with Gasteiger partial charge in [-0.15, -0.1) is 11.8 Å². The molecule has 0 amide bonds. The van der Waals surface area contributed by atoms with Crippen molar-refractivity contribution in [3.63, 3.8) is 0 Å². The van der Waals surface area contributed by atoms with Crippen molar-refractivity contribution in [1.29, 1.82) is 0 Å². The van der Waals surface area contributed by atoms with Crippen LogP contribution in [0.25, 0.3) is 5.69 Å². The van der Waals surface area contributed by atoms with Crippen LogP contribution in [0.15, 0.2) is 58.5 Å². The van der Waals surface area contributed by atoms with Crippen molar-refractivity contribution in [2.45, 2.75) is 27.9 Å². The van der Waals surface area contributed by atoms with Gasteiger partial charge in [0.25, 0.3) is 5.56 Å². The predicted octanol–water partition coefficient (Wildman–Crippen LogP) is 4.90. The minimum absolute atomic E-state index is 0.0447. The van der Waals surface area contributed by atoms with E-state index < -0.39 is 0 Å². The van der Waals surface area contributed by atoms with Crippen LogP contribution in [-0.4, -0.2) is 48.3 Å². The first kappa shape index (κ1) is 24.1. The number of benzene rings is 2. The second-order valence-corrected chi connectivity index (χ2v) is 9.94. The molecule has 0 spiro atoms. The monoisotopic (exact) mass is 577 g/mol. The van der Waals surface area contributed by atoms with Crippen molar-refractivity contribution >= 4 is 34.4 Å². The molecule has 33 heavy (non-hydrogen) atoms.